The first kappa shape index (κ1) is 15.3. The Morgan fingerprint density at radius 2 is 2.10 bits per heavy atom. The Kier molecular flexibility index (Phi) is 5.17. The van der Waals surface area contributed by atoms with Gasteiger partial charge >= 0.3 is 0 Å². The van der Waals surface area contributed by atoms with Crippen LogP contribution in [0.2, 0.25) is 5.02 Å². The number of benzene rings is 1. The molecule has 0 saturated heterocycles. The van der Waals surface area contributed by atoms with E-state index in [0.717, 1.165) is 12.1 Å². The molecular weight excluding hydrogens is 286 g/mol. The first-order valence-corrected chi connectivity index (χ1v) is 7.25. The molecule has 0 bridgehead atoms. The first-order chi connectivity index (χ1) is 10.1. The Morgan fingerprint density at radius 1 is 1.29 bits per heavy atom. The number of amides is 1. The third-order valence-corrected chi connectivity index (χ3v) is 3.34. The molecule has 1 heterocycles. The van der Waals surface area contributed by atoms with Gasteiger partial charge in [-0.25, -0.2) is 4.98 Å². The minimum atomic E-state index is -0.257. The van der Waals surface area contributed by atoms with Crippen LogP contribution in [0.1, 0.15) is 30.8 Å². The summed E-state index contributed by atoms with van der Waals surface area (Å²) in [6.07, 6.45) is 2.69. The van der Waals surface area contributed by atoms with Gasteiger partial charge in [-0.05, 0) is 43.7 Å². The second-order valence-corrected chi connectivity index (χ2v) is 5.29. The molecule has 0 fully saturated rings. The van der Waals surface area contributed by atoms with Crippen LogP contribution in [0.15, 0.2) is 42.6 Å². The molecule has 21 heavy (non-hydrogen) atoms. The molecule has 0 spiro atoms. The fourth-order valence-corrected chi connectivity index (χ4v) is 1.95. The van der Waals surface area contributed by atoms with Crippen LogP contribution < -0.4 is 10.6 Å². The highest BCUT2D eigenvalue weighted by Crippen LogP contribution is 2.16. The molecule has 5 heteroatoms. The number of nitrogens with one attached hydrogen (secondary N) is 2. The molecule has 2 aromatic rings. The predicted molar refractivity (Wildman–Crippen MR) is 87.0 cm³/mol. The zero-order valence-electron chi connectivity index (χ0n) is 12.1. The van der Waals surface area contributed by atoms with E-state index >= 15 is 0 Å². The van der Waals surface area contributed by atoms with E-state index in [0.29, 0.717) is 22.4 Å². The number of carbonyl (C=O) groups is 1. The van der Waals surface area contributed by atoms with Gasteiger partial charge in [0.2, 0.25) is 0 Å². The van der Waals surface area contributed by atoms with Crippen molar-refractivity contribution in [3.63, 3.8) is 0 Å². The number of rotatable bonds is 5. The molecule has 110 valence electrons. The van der Waals surface area contributed by atoms with Crippen molar-refractivity contribution in [2.45, 2.75) is 26.3 Å². The smallest absolute Gasteiger partial charge is 0.274 e. The topological polar surface area (TPSA) is 54.0 Å². The second-order valence-electron chi connectivity index (χ2n) is 4.85. The molecule has 0 aliphatic heterocycles. The van der Waals surface area contributed by atoms with Gasteiger partial charge in [0.15, 0.2) is 0 Å². The summed E-state index contributed by atoms with van der Waals surface area (Å²) in [4.78, 5) is 16.3. The Hall–Kier alpha value is -2.07. The summed E-state index contributed by atoms with van der Waals surface area (Å²) in [6.45, 7) is 4.21. The van der Waals surface area contributed by atoms with Gasteiger partial charge in [0, 0.05) is 16.8 Å². The molecule has 2 rings (SSSR count). The SMILES string of the molecule is CCC(C)Nc1ccc(C(=O)Nc2cccc(Cl)c2)nc1. The van der Waals surface area contributed by atoms with E-state index in [4.69, 9.17) is 11.6 Å². The lowest BCUT2D eigenvalue weighted by atomic mass is 10.2. The molecule has 1 unspecified atom stereocenters. The number of nitrogens with zero attached hydrogens (tertiary/aromatic N) is 1. The maximum Gasteiger partial charge on any atom is 0.274 e. The van der Waals surface area contributed by atoms with Gasteiger partial charge in [0.05, 0.1) is 11.9 Å². The van der Waals surface area contributed by atoms with Crippen molar-refractivity contribution >= 4 is 28.9 Å². The number of hydrogen-bond donors (Lipinski definition) is 2. The lowest BCUT2D eigenvalue weighted by molar-refractivity contribution is 0.102. The molecule has 4 nitrogen and oxygen atoms in total. The van der Waals surface area contributed by atoms with Gasteiger partial charge in [-0.3, -0.25) is 4.79 Å². The van der Waals surface area contributed by atoms with Crippen molar-refractivity contribution < 1.29 is 4.79 Å². The van der Waals surface area contributed by atoms with Crippen LogP contribution in [0.4, 0.5) is 11.4 Å². The summed E-state index contributed by atoms with van der Waals surface area (Å²) in [6, 6.07) is 10.9. The summed E-state index contributed by atoms with van der Waals surface area (Å²) in [5, 5.41) is 6.64. The zero-order chi connectivity index (χ0) is 15.2. The first-order valence-electron chi connectivity index (χ1n) is 6.88. The van der Waals surface area contributed by atoms with Gasteiger partial charge in [0.25, 0.3) is 5.91 Å². The molecule has 1 atom stereocenters. The van der Waals surface area contributed by atoms with Crippen LogP contribution in [-0.2, 0) is 0 Å². The highest BCUT2D eigenvalue weighted by molar-refractivity contribution is 6.30. The molecule has 1 aromatic carbocycles. The lowest BCUT2D eigenvalue weighted by Gasteiger charge is -2.12. The van der Waals surface area contributed by atoms with Crippen LogP contribution in [0.25, 0.3) is 0 Å². The van der Waals surface area contributed by atoms with Gasteiger partial charge < -0.3 is 10.6 Å². The lowest BCUT2D eigenvalue weighted by Crippen LogP contribution is -2.16. The molecule has 0 saturated carbocycles. The van der Waals surface area contributed by atoms with E-state index in [2.05, 4.69) is 29.5 Å². The third-order valence-electron chi connectivity index (χ3n) is 3.10. The summed E-state index contributed by atoms with van der Waals surface area (Å²) in [5.41, 5.74) is 1.92. The van der Waals surface area contributed by atoms with Crippen molar-refractivity contribution in [1.29, 1.82) is 0 Å². The van der Waals surface area contributed by atoms with E-state index in [1.807, 2.05) is 6.07 Å². The van der Waals surface area contributed by atoms with Crippen molar-refractivity contribution in [3.05, 3.63) is 53.3 Å². The fourth-order valence-electron chi connectivity index (χ4n) is 1.76. The summed E-state index contributed by atoms with van der Waals surface area (Å²) < 4.78 is 0. The third kappa shape index (κ3) is 4.46. The van der Waals surface area contributed by atoms with Gasteiger partial charge in [-0.15, -0.1) is 0 Å². The van der Waals surface area contributed by atoms with E-state index in [1.165, 1.54) is 0 Å². The van der Waals surface area contributed by atoms with Crippen LogP contribution in [0, 0.1) is 0 Å². The van der Waals surface area contributed by atoms with Crippen LogP contribution in [0.5, 0.6) is 0 Å². The number of aromatic nitrogens is 1. The van der Waals surface area contributed by atoms with Crippen LogP contribution in [0.3, 0.4) is 0 Å². The highest BCUT2D eigenvalue weighted by Gasteiger charge is 2.08. The fraction of sp³-hybridized carbons (Fsp3) is 0.250. The monoisotopic (exact) mass is 303 g/mol. The Labute approximate surface area is 129 Å². The van der Waals surface area contributed by atoms with Crippen molar-refractivity contribution in [2.75, 3.05) is 10.6 Å². The number of anilines is 2. The van der Waals surface area contributed by atoms with E-state index in [-0.39, 0.29) is 5.91 Å². The highest BCUT2D eigenvalue weighted by atomic mass is 35.5. The average Bonchev–Trinajstić information content (AvgIpc) is 2.47. The summed E-state index contributed by atoms with van der Waals surface area (Å²) in [5.74, 6) is -0.257. The van der Waals surface area contributed by atoms with Gasteiger partial charge in [-0.1, -0.05) is 24.6 Å². The molecular formula is C16H18ClN3O. The number of hydrogen-bond acceptors (Lipinski definition) is 3. The molecule has 1 aromatic heterocycles. The standard InChI is InChI=1S/C16H18ClN3O/c1-3-11(2)19-14-7-8-15(18-10-14)16(21)20-13-6-4-5-12(17)9-13/h4-11,19H,3H2,1-2H3,(H,20,21). The average molecular weight is 304 g/mol. The van der Waals surface area contributed by atoms with E-state index in [9.17, 15) is 4.79 Å². The zero-order valence-corrected chi connectivity index (χ0v) is 12.8. The quantitative estimate of drug-likeness (QED) is 0.870. The molecule has 1 amide bonds. The number of pyridine rings is 1. The molecule has 0 radical (unpaired) electrons. The Morgan fingerprint density at radius 3 is 2.71 bits per heavy atom. The van der Waals surface area contributed by atoms with E-state index in [1.54, 1.807) is 36.5 Å². The summed E-state index contributed by atoms with van der Waals surface area (Å²) >= 11 is 5.88. The minimum absolute atomic E-state index is 0.257. The second kappa shape index (κ2) is 7.09. The van der Waals surface area contributed by atoms with Gasteiger partial charge in [0.1, 0.15) is 5.69 Å². The number of carbonyl (C=O) groups excluding carboxylic acids is 1. The number of halogens is 1. The molecule has 0 aliphatic rings. The maximum absolute atomic E-state index is 12.1. The molecule has 2 N–H and O–H groups in total. The van der Waals surface area contributed by atoms with Crippen LogP contribution >= 0.6 is 11.6 Å². The predicted octanol–water partition coefficient (Wildman–Crippen LogP) is 4.20. The van der Waals surface area contributed by atoms with Crippen LogP contribution in [-0.4, -0.2) is 16.9 Å². The Balaban J connectivity index is 2.03. The summed E-state index contributed by atoms with van der Waals surface area (Å²) in [7, 11) is 0. The Bertz CT molecular complexity index is 613. The minimum Gasteiger partial charge on any atom is -0.381 e. The van der Waals surface area contributed by atoms with E-state index < -0.39 is 0 Å². The largest absolute Gasteiger partial charge is 0.381 e. The molecule has 0 aliphatic carbocycles. The normalized spacial score (nSPS) is 11.8. The van der Waals surface area contributed by atoms with Crippen molar-refractivity contribution in [3.8, 4) is 0 Å². The van der Waals surface area contributed by atoms with Crippen molar-refractivity contribution in [1.82, 2.24) is 4.98 Å². The van der Waals surface area contributed by atoms with Gasteiger partial charge in [-0.2, -0.15) is 0 Å². The maximum atomic E-state index is 12.1. The van der Waals surface area contributed by atoms with Crippen molar-refractivity contribution in [2.24, 2.45) is 0 Å².